The van der Waals surface area contributed by atoms with Crippen LogP contribution in [0.3, 0.4) is 0 Å². The standard InChI is InChI=1S/C13H22O4/c1-4-10(7-6-9(3)14)12(16)8-13(17)11(15)5-2/h7,9,13-14,17H,4-6,8H2,1-3H3/b10-7+. The first-order valence-electron chi connectivity index (χ1n) is 6.03. The van der Waals surface area contributed by atoms with Gasteiger partial charge in [-0.2, -0.15) is 0 Å². The molecule has 4 nitrogen and oxygen atoms in total. The molecule has 0 saturated heterocycles. The van der Waals surface area contributed by atoms with Crippen LogP contribution >= 0.6 is 0 Å². The Kier molecular flexibility index (Phi) is 7.66. The van der Waals surface area contributed by atoms with Gasteiger partial charge in [-0.3, -0.25) is 9.59 Å². The maximum Gasteiger partial charge on any atom is 0.161 e. The van der Waals surface area contributed by atoms with Gasteiger partial charge in [0, 0.05) is 12.8 Å². The molecule has 0 aliphatic rings. The summed E-state index contributed by atoms with van der Waals surface area (Å²) in [6.45, 7) is 5.13. The number of rotatable bonds is 8. The molecule has 4 heteroatoms. The van der Waals surface area contributed by atoms with E-state index >= 15 is 0 Å². The third kappa shape index (κ3) is 6.34. The maximum atomic E-state index is 11.8. The lowest BCUT2D eigenvalue weighted by molar-refractivity contribution is -0.130. The molecule has 0 heterocycles. The zero-order chi connectivity index (χ0) is 13.4. The van der Waals surface area contributed by atoms with E-state index in [9.17, 15) is 14.7 Å². The first kappa shape index (κ1) is 16.0. The van der Waals surface area contributed by atoms with Crippen molar-refractivity contribution in [2.24, 2.45) is 0 Å². The van der Waals surface area contributed by atoms with Crippen LogP contribution in [-0.2, 0) is 9.59 Å². The van der Waals surface area contributed by atoms with Gasteiger partial charge in [-0.1, -0.05) is 19.9 Å². The summed E-state index contributed by atoms with van der Waals surface area (Å²) in [5.74, 6) is -0.535. The molecule has 0 rings (SSSR count). The van der Waals surface area contributed by atoms with Crippen LogP contribution in [0.1, 0.15) is 46.5 Å². The molecule has 0 radical (unpaired) electrons. The topological polar surface area (TPSA) is 74.6 Å². The van der Waals surface area contributed by atoms with E-state index in [-0.39, 0.29) is 24.4 Å². The molecule has 2 unspecified atom stereocenters. The van der Waals surface area contributed by atoms with E-state index in [4.69, 9.17) is 5.11 Å². The van der Waals surface area contributed by atoms with E-state index < -0.39 is 12.2 Å². The summed E-state index contributed by atoms with van der Waals surface area (Å²) in [7, 11) is 0. The Morgan fingerprint density at radius 3 is 2.18 bits per heavy atom. The number of carbonyl (C=O) groups excluding carboxylic acids is 2. The van der Waals surface area contributed by atoms with Crippen molar-refractivity contribution in [3.05, 3.63) is 11.6 Å². The molecule has 0 spiro atoms. The van der Waals surface area contributed by atoms with E-state index in [1.807, 2.05) is 6.92 Å². The average molecular weight is 242 g/mol. The number of aliphatic hydroxyl groups excluding tert-OH is 2. The summed E-state index contributed by atoms with van der Waals surface area (Å²) >= 11 is 0. The van der Waals surface area contributed by atoms with Crippen molar-refractivity contribution in [2.45, 2.75) is 58.7 Å². The molecule has 2 atom stereocenters. The second kappa shape index (κ2) is 8.14. The van der Waals surface area contributed by atoms with Crippen molar-refractivity contribution in [1.82, 2.24) is 0 Å². The fourth-order valence-electron chi connectivity index (χ4n) is 1.42. The lowest BCUT2D eigenvalue weighted by Gasteiger charge is -2.09. The largest absolute Gasteiger partial charge is 0.393 e. The smallest absolute Gasteiger partial charge is 0.161 e. The number of ketones is 2. The fourth-order valence-corrected chi connectivity index (χ4v) is 1.42. The first-order valence-corrected chi connectivity index (χ1v) is 6.03. The molecule has 0 aromatic carbocycles. The molecule has 0 fully saturated rings. The van der Waals surface area contributed by atoms with Crippen LogP contribution in [0.4, 0.5) is 0 Å². The van der Waals surface area contributed by atoms with Crippen molar-refractivity contribution < 1.29 is 19.8 Å². The van der Waals surface area contributed by atoms with Crippen molar-refractivity contribution in [3.63, 3.8) is 0 Å². The number of Topliss-reactive ketones (excluding diaryl/α,β-unsaturated/α-hetero) is 2. The van der Waals surface area contributed by atoms with E-state index in [1.165, 1.54) is 0 Å². The van der Waals surface area contributed by atoms with E-state index in [2.05, 4.69) is 0 Å². The molecule has 0 aliphatic carbocycles. The van der Waals surface area contributed by atoms with Gasteiger partial charge in [0.1, 0.15) is 6.10 Å². The van der Waals surface area contributed by atoms with Crippen LogP contribution in [0, 0.1) is 0 Å². The predicted molar refractivity (Wildman–Crippen MR) is 65.6 cm³/mol. The Morgan fingerprint density at radius 2 is 1.76 bits per heavy atom. The fraction of sp³-hybridized carbons (Fsp3) is 0.692. The highest BCUT2D eigenvalue weighted by Gasteiger charge is 2.18. The predicted octanol–water partition coefficient (Wildman–Crippen LogP) is 1.39. The van der Waals surface area contributed by atoms with Crippen LogP contribution in [0.5, 0.6) is 0 Å². The summed E-state index contributed by atoms with van der Waals surface area (Å²) < 4.78 is 0. The summed E-state index contributed by atoms with van der Waals surface area (Å²) in [5.41, 5.74) is 0.564. The molecule has 0 bridgehead atoms. The summed E-state index contributed by atoms with van der Waals surface area (Å²) in [6, 6.07) is 0. The van der Waals surface area contributed by atoms with Crippen LogP contribution in [0.25, 0.3) is 0 Å². The number of hydrogen-bond donors (Lipinski definition) is 2. The second-order valence-corrected chi connectivity index (χ2v) is 4.13. The molecule has 0 amide bonds. The number of carbonyl (C=O) groups is 2. The number of hydrogen-bond acceptors (Lipinski definition) is 4. The van der Waals surface area contributed by atoms with Gasteiger partial charge >= 0.3 is 0 Å². The van der Waals surface area contributed by atoms with Gasteiger partial charge in [-0.25, -0.2) is 0 Å². The second-order valence-electron chi connectivity index (χ2n) is 4.13. The zero-order valence-corrected chi connectivity index (χ0v) is 10.8. The molecule has 2 N–H and O–H groups in total. The van der Waals surface area contributed by atoms with Gasteiger partial charge in [0.05, 0.1) is 6.10 Å². The monoisotopic (exact) mass is 242 g/mol. The molecule has 98 valence electrons. The third-order valence-corrected chi connectivity index (χ3v) is 2.54. The Morgan fingerprint density at radius 1 is 1.18 bits per heavy atom. The van der Waals surface area contributed by atoms with Crippen LogP contribution < -0.4 is 0 Å². The Balaban J connectivity index is 4.45. The van der Waals surface area contributed by atoms with Gasteiger partial charge in [0.15, 0.2) is 11.6 Å². The number of allylic oxidation sites excluding steroid dienone is 1. The molecule has 0 aromatic rings. The van der Waals surface area contributed by atoms with Crippen molar-refractivity contribution in [1.29, 1.82) is 0 Å². The highest BCUT2D eigenvalue weighted by atomic mass is 16.3. The first-order chi connectivity index (χ1) is 7.92. The Labute approximate surface area is 102 Å². The normalized spacial score (nSPS) is 15.5. The minimum atomic E-state index is -1.20. The highest BCUT2D eigenvalue weighted by molar-refractivity contribution is 5.98. The van der Waals surface area contributed by atoms with Crippen molar-refractivity contribution in [3.8, 4) is 0 Å². The minimum absolute atomic E-state index is 0.161. The molecule has 17 heavy (non-hydrogen) atoms. The third-order valence-electron chi connectivity index (χ3n) is 2.54. The summed E-state index contributed by atoms with van der Waals surface area (Å²) in [5, 5.41) is 18.6. The Bertz CT molecular complexity index is 292. The van der Waals surface area contributed by atoms with Crippen molar-refractivity contribution in [2.75, 3.05) is 0 Å². The molecule has 0 aromatic heterocycles. The molecule has 0 aliphatic heterocycles. The highest BCUT2D eigenvalue weighted by Crippen LogP contribution is 2.10. The van der Waals surface area contributed by atoms with Gasteiger partial charge in [0.25, 0.3) is 0 Å². The lowest BCUT2D eigenvalue weighted by Crippen LogP contribution is -2.23. The van der Waals surface area contributed by atoms with Crippen LogP contribution in [-0.4, -0.2) is 34.0 Å². The Hall–Kier alpha value is -1.00. The average Bonchev–Trinajstić information content (AvgIpc) is 2.28. The minimum Gasteiger partial charge on any atom is -0.393 e. The van der Waals surface area contributed by atoms with Gasteiger partial charge < -0.3 is 10.2 Å². The molecule has 0 saturated carbocycles. The van der Waals surface area contributed by atoms with Gasteiger partial charge in [0.2, 0.25) is 0 Å². The van der Waals surface area contributed by atoms with Gasteiger partial charge in [-0.15, -0.1) is 0 Å². The van der Waals surface area contributed by atoms with Gasteiger partial charge in [-0.05, 0) is 25.3 Å². The lowest BCUT2D eigenvalue weighted by atomic mass is 9.99. The van der Waals surface area contributed by atoms with Crippen LogP contribution in [0.2, 0.25) is 0 Å². The van der Waals surface area contributed by atoms with Crippen LogP contribution in [0.15, 0.2) is 11.6 Å². The van der Waals surface area contributed by atoms with Crippen molar-refractivity contribution >= 4 is 11.6 Å². The number of aliphatic hydroxyl groups is 2. The van der Waals surface area contributed by atoms with E-state index in [0.29, 0.717) is 18.4 Å². The summed E-state index contributed by atoms with van der Waals surface area (Å²) in [6.07, 6.45) is 1.00. The maximum absolute atomic E-state index is 11.8. The van der Waals surface area contributed by atoms with E-state index in [1.54, 1.807) is 19.9 Å². The molecular weight excluding hydrogens is 220 g/mol. The quantitative estimate of drug-likeness (QED) is 0.631. The molecular formula is C13H22O4. The zero-order valence-electron chi connectivity index (χ0n) is 10.8. The SMILES string of the molecule is CCC(=O)C(O)CC(=O)/C(=C/CC(C)O)CC. The summed E-state index contributed by atoms with van der Waals surface area (Å²) in [4.78, 5) is 22.9. The van der Waals surface area contributed by atoms with E-state index in [0.717, 1.165) is 0 Å².